The number of allylic oxidation sites excluding steroid dienone is 4. The van der Waals surface area contributed by atoms with Crippen LogP contribution in [0.1, 0.15) is 66.7 Å². The first-order chi connectivity index (χ1) is 69.0. The SMILES string of the molecule is C.C.C.CC(=O)C=C(C)O.CC(=O)C=C(C)O.Cc1cc(-c2ccccn2)[c-]c2ccccc12.Cc1cc2ccccc2[c-]c1-c1ccccn1.Cc1ccnc(-c2[c-]ccc3c2oc2ccccc23)c1.[Ir].[Ir].[Ir].[Ir].[Ir].[c-]1ccc2c(oc3ccccc32)c1-c1ccccn1.[c-]1ccccc1-c1cc(-c2ccccn2)ccn1.[c-]1ccccc1-c1ccccn1.[c-]1ccccc1-c1ccccn1.[c-]1ccccc1-c1ccccn1. The van der Waals surface area contributed by atoms with Gasteiger partial charge < -0.3 is 49.0 Å². The number of pyridine rings is 9. The average Bonchev–Trinajstić information content (AvgIpc) is 1.62. The number of rotatable bonds is 11. The van der Waals surface area contributed by atoms with Gasteiger partial charge in [0.25, 0.3) is 0 Å². The van der Waals surface area contributed by atoms with E-state index in [1.807, 2.05) is 334 Å². The fraction of sp³-hybridized carbons (Fsp3) is 0.0775. The van der Waals surface area contributed by atoms with Crippen LogP contribution >= 0.6 is 0 Å². The fourth-order valence-electron chi connectivity index (χ4n) is 14.7. The average molecular weight is 2840 g/mol. The number of carbonyl (C=O) groups excluding carboxylic acids is 2. The smallest absolute Gasteiger partial charge is 0.155 e. The molecule has 0 saturated heterocycles. The topological polar surface area (TPSA) is 217 Å². The first-order valence-electron chi connectivity index (χ1n) is 45.4. The summed E-state index contributed by atoms with van der Waals surface area (Å²) in [6.07, 6.45) is 18.5. The molecule has 0 atom stereocenters. The van der Waals surface area contributed by atoms with Crippen LogP contribution in [0.3, 0.4) is 0 Å². The number of hydrogen-bond acceptors (Lipinski definition) is 15. The minimum Gasteiger partial charge on any atom is -0.512 e. The molecule has 759 valence electrons. The van der Waals surface area contributed by atoms with Gasteiger partial charge in [-0.05, 0) is 147 Å². The standard InChI is InChI=1S/C18H12NO.C17H10NO.C16H11N2.2C16H12N.3C11H8N.2C5H8O2.3CH4.5Ir/c1-12-9-10-19-16(11-12)15-7-4-6-14-13-5-2-3-8-17(13)20-18(14)15;1-2-10-16-12(6-1)13-7-5-8-14(17(13)19-16)15-9-3-4-11-18-15;1-2-6-13(7-3-1)16-12-14(9-11-18-16)15-8-4-5-10-17-15;1-12-10-14(16-8-4-5-9-17-16)11-13-6-2-3-7-15(12)13;1-12-10-13-6-2-3-7-14(13)11-15(12)16-8-4-5-9-17-16;3*1-2-6-10(7-3-1)11-8-4-5-9-12-11;2*1-4(6)3-5(2)7;;;;;;;;/h2-6,8-11H,1H3;1-7,9-11H;1-6,8-12H;2*2-10H,1H3;3*1-6,8-9H;2*3,6H,1-2H3;3*1H4;;;;;/q8*-1;;;;;;;;;;. The van der Waals surface area contributed by atoms with Gasteiger partial charge in [0, 0.05) is 191 Å². The Hall–Kier alpha value is -15.2. The largest absolute Gasteiger partial charge is 0.512 e. The molecule has 0 saturated carbocycles. The zero-order valence-electron chi connectivity index (χ0n) is 80.4. The fourth-order valence-corrected chi connectivity index (χ4v) is 14.7. The maximum Gasteiger partial charge on any atom is 0.155 e. The molecular formula is C129H109Ir5N9O6-8. The van der Waals surface area contributed by atoms with Gasteiger partial charge in [-0.2, -0.15) is 0 Å². The van der Waals surface area contributed by atoms with Crippen molar-refractivity contribution in [2.45, 2.75) is 70.7 Å². The van der Waals surface area contributed by atoms with Gasteiger partial charge >= 0.3 is 0 Å². The van der Waals surface area contributed by atoms with E-state index >= 15 is 0 Å². The normalized spacial score (nSPS) is 10.0. The number of aliphatic hydroxyl groups excluding tert-OH is 2. The minimum absolute atomic E-state index is 0. The molecule has 5 radical (unpaired) electrons. The summed E-state index contributed by atoms with van der Waals surface area (Å²) in [6.45, 7) is 12.0. The van der Waals surface area contributed by atoms with Crippen molar-refractivity contribution in [3.05, 3.63) is 527 Å². The van der Waals surface area contributed by atoms with Gasteiger partial charge in [-0.25, -0.2) is 0 Å². The van der Waals surface area contributed by atoms with Gasteiger partial charge in [0.15, 0.2) is 11.6 Å². The predicted molar refractivity (Wildman–Crippen MR) is 589 cm³/mol. The molecule has 0 fully saturated rings. The van der Waals surface area contributed by atoms with Crippen LogP contribution in [0, 0.1) is 69.3 Å². The third-order valence-corrected chi connectivity index (χ3v) is 21.1. The third-order valence-electron chi connectivity index (χ3n) is 21.1. The van der Waals surface area contributed by atoms with Gasteiger partial charge in [0.1, 0.15) is 11.2 Å². The maximum absolute atomic E-state index is 10.0. The van der Waals surface area contributed by atoms with Crippen LogP contribution in [0.5, 0.6) is 0 Å². The summed E-state index contributed by atoms with van der Waals surface area (Å²) in [5.74, 6) is -0.125. The molecule has 0 unspecified atom stereocenters. The molecule has 0 spiro atoms. The van der Waals surface area contributed by atoms with Gasteiger partial charge in [0.2, 0.25) is 0 Å². The van der Waals surface area contributed by atoms with Crippen molar-refractivity contribution in [3.8, 4) is 101 Å². The number of nitrogens with zero attached hydrogens (tertiary/aromatic N) is 9. The summed E-state index contributed by atoms with van der Waals surface area (Å²) in [6, 6.07) is 152. The summed E-state index contributed by atoms with van der Waals surface area (Å²) < 4.78 is 12.0. The minimum atomic E-state index is -0.125. The Labute approximate surface area is 941 Å². The van der Waals surface area contributed by atoms with Crippen molar-refractivity contribution in [2.24, 2.45) is 0 Å². The number of hydrogen-bond donors (Lipinski definition) is 2. The van der Waals surface area contributed by atoms with Crippen molar-refractivity contribution in [3.63, 3.8) is 0 Å². The Balaban J connectivity index is 0.000000255. The number of furan rings is 2. The van der Waals surface area contributed by atoms with Gasteiger partial charge in [-0.3, -0.25) is 24.5 Å². The van der Waals surface area contributed by atoms with Crippen LogP contribution < -0.4 is 0 Å². The number of ketones is 2. The molecule has 0 aliphatic carbocycles. The molecule has 11 aromatic heterocycles. The van der Waals surface area contributed by atoms with E-state index < -0.39 is 0 Å². The van der Waals surface area contributed by atoms with E-state index in [4.69, 9.17) is 19.0 Å². The van der Waals surface area contributed by atoms with Gasteiger partial charge in [0.05, 0.1) is 28.4 Å². The Morgan fingerprint density at radius 2 is 0.597 bits per heavy atom. The molecule has 2 N–H and O–H groups in total. The Kier molecular flexibility index (Phi) is 53.2. The molecule has 149 heavy (non-hydrogen) atoms. The first-order valence-corrected chi connectivity index (χ1v) is 45.4. The van der Waals surface area contributed by atoms with Crippen molar-refractivity contribution >= 4 is 77.0 Å². The van der Waals surface area contributed by atoms with E-state index in [0.717, 1.165) is 156 Å². The van der Waals surface area contributed by atoms with E-state index in [9.17, 15) is 9.59 Å². The second-order valence-corrected chi connectivity index (χ2v) is 31.8. The monoisotopic (exact) mass is 2840 g/mol. The number of benzene rings is 12. The molecule has 0 aliphatic rings. The first kappa shape index (κ1) is 122. The molecule has 0 bridgehead atoms. The molecule has 0 aliphatic heterocycles. The predicted octanol–water partition coefficient (Wildman–Crippen LogP) is 32.5. The van der Waals surface area contributed by atoms with Crippen molar-refractivity contribution < 1.29 is 129 Å². The Bertz CT molecular complexity index is 7600. The van der Waals surface area contributed by atoms with Crippen LogP contribution in [-0.2, 0) is 110 Å². The van der Waals surface area contributed by atoms with E-state index in [1.165, 1.54) is 67.3 Å². The van der Waals surface area contributed by atoms with Crippen LogP contribution in [0.2, 0.25) is 0 Å². The zero-order valence-corrected chi connectivity index (χ0v) is 92.4. The number of aromatic nitrogens is 9. The molecule has 23 rings (SSSR count). The van der Waals surface area contributed by atoms with Crippen molar-refractivity contribution in [1.29, 1.82) is 0 Å². The van der Waals surface area contributed by atoms with Crippen LogP contribution in [0.15, 0.2) is 470 Å². The van der Waals surface area contributed by atoms with E-state index in [-0.39, 0.29) is 146 Å². The molecule has 12 aromatic carbocycles. The number of aryl methyl sites for hydroxylation is 3. The van der Waals surface area contributed by atoms with Crippen LogP contribution in [0.4, 0.5) is 0 Å². The molecule has 23 aromatic rings. The summed E-state index contributed by atoms with van der Waals surface area (Å²) in [5, 5.41) is 26.0. The van der Waals surface area contributed by atoms with Gasteiger partial charge in [-0.1, -0.05) is 249 Å². The van der Waals surface area contributed by atoms with Gasteiger partial charge in [-0.15, -0.1) is 238 Å². The number of para-hydroxylation sites is 2. The van der Waals surface area contributed by atoms with Crippen molar-refractivity contribution in [2.75, 3.05) is 0 Å². The summed E-state index contributed by atoms with van der Waals surface area (Å²) >= 11 is 0. The Morgan fingerprint density at radius 3 is 0.987 bits per heavy atom. The van der Waals surface area contributed by atoms with E-state index in [2.05, 4.69) is 181 Å². The number of carbonyl (C=O) groups is 2. The number of fused-ring (bicyclic) bond motifs is 8. The summed E-state index contributed by atoms with van der Waals surface area (Å²) in [5.41, 5.74) is 24.8. The summed E-state index contributed by atoms with van der Waals surface area (Å²) in [4.78, 5) is 59.0. The van der Waals surface area contributed by atoms with Crippen LogP contribution in [-0.4, -0.2) is 66.6 Å². The van der Waals surface area contributed by atoms with Crippen molar-refractivity contribution in [1.82, 2.24) is 44.9 Å². The zero-order chi connectivity index (χ0) is 98.1. The number of aliphatic hydroxyl groups is 2. The third kappa shape index (κ3) is 36.7. The van der Waals surface area contributed by atoms with E-state index in [0.29, 0.717) is 0 Å². The molecule has 0 amide bonds. The quantitative estimate of drug-likeness (QED) is 0.0699. The Morgan fingerprint density at radius 1 is 0.262 bits per heavy atom. The van der Waals surface area contributed by atoms with Crippen LogP contribution in [0.25, 0.3) is 167 Å². The molecular weight excluding hydrogens is 2730 g/mol. The second-order valence-electron chi connectivity index (χ2n) is 31.8. The summed E-state index contributed by atoms with van der Waals surface area (Å²) in [7, 11) is 0. The molecule has 15 nitrogen and oxygen atoms in total. The molecule has 11 heterocycles. The van der Waals surface area contributed by atoms with E-state index in [1.54, 1.807) is 37.2 Å². The molecule has 20 heteroatoms. The maximum atomic E-state index is 10.0. The second kappa shape index (κ2) is 64.7.